The van der Waals surface area contributed by atoms with Gasteiger partial charge in [0.1, 0.15) is 17.8 Å². The Morgan fingerprint density at radius 1 is 1.08 bits per heavy atom. The van der Waals surface area contributed by atoms with Crippen LogP contribution in [0.5, 0.6) is 0 Å². The average Bonchev–Trinajstić information content (AvgIpc) is 3.47. The number of amides is 1. The minimum Gasteiger partial charge on any atom is -0.354 e. The molecule has 1 saturated heterocycles. The second kappa shape index (κ2) is 7.19. The Bertz CT molecular complexity index is 724. The summed E-state index contributed by atoms with van der Waals surface area (Å²) >= 11 is 0. The molecule has 2 heterocycles. The quantitative estimate of drug-likeness (QED) is 0.900. The van der Waals surface area contributed by atoms with E-state index >= 15 is 0 Å². The lowest BCUT2D eigenvalue weighted by Crippen LogP contribution is -2.46. The van der Waals surface area contributed by atoms with Crippen LogP contribution in [0.15, 0.2) is 42.7 Å². The lowest BCUT2D eigenvalue weighted by molar-refractivity contribution is 0.0946. The first-order valence-corrected chi connectivity index (χ1v) is 8.92. The number of nitrogens with one attached hydrogen (secondary N) is 1. The molecule has 1 aliphatic carbocycles. The lowest BCUT2D eigenvalue weighted by Gasteiger charge is -2.35. The van der Waals surface area contributed by atoms with E-state index in [-0.39, 0.29) is 5.91 Å². The standard InChI is InChI=1S/C19H23N5O/c25-19(22-16-6-7-16)17-12-18(21-14-20-17)24-10-8-23(9-11-24)13-15-4-2-1-3-5-15/h1-5,12,14,16H,6-11,13H2,(H,22,25). The molecule has 130 valence electrons. The molecule has 0 radical (unpaired) electrons. The fourth-order valence-corrected chi connectivity index (χ4v) is 3.11. The summed E-state index contributed by atoms with van der Waals surface area (Å²) < 4.78 is 0. The number of benzene rings is 1. The Hall–Kier alpha value is -2.47. The van der Waals surface area contributed by atoms with Gasteiger partial charge in [-0.2, -0.15) is 0 Å². The van der Waals surface area contributed by atoms with Crippen molar-refractivity contribution in [3.63, 3.8) is 0 Å². The first-order valence-electron chi connectivity index (χ1n) is 8.92. The van der Waals surface area contributed by atoms with Crippen LogP contribution in [0.1, 0.15) is 28.9 Å². The van der Waals surface area contributed by atoms with E-state index in [0.29, 0.717) is 11.7 Å². The Morgan fingerprint density at radius 3 is 2.56 bits per heavy atom. The summed E-state index contributed by atoms with van der Waals surface area (Å²) in [4.78, 5) is 25.3. The van der Waals surface area contributed by atoms with E-state index in [9.17, 15) is 4.79 Å². The van der Waals surface area contributed by atoms with Crippen LogP contribution in [0, 0.1) is 0 Å². The second-order valence-electron chi connectivity index (χ2n) is 6.76. The molecule has 1 aromatic heterocycles. The fourth-order valence-electron chi connectivity index (χ4n) is 3.11. The van der Waals surface area contributed by atoms with Crippen molar-refractivity contribution in [1.82, 2.24) is 20.2 Å². The first kappa shape index (κ1) is 16.0. The predicted molar refractivity (Wildman–Crippen MR) is 96.5 cm³/mol. The van der Waals surface area contributed by atoms with E-state index in [1.165, 1.54) is 11.9 Å². The van der Waals surface area contributed by atoms with Crippen molar-refractivity contribution >= 4 is 11.7 Å². The average molecular weight is 337 g/mol. The number of hydrogen-bond acceptors (Lipinski definition) is 5. The highest BCUT2D eigenvalue weighted by atomic mass is 16.2. The molecule has 0 bridgehead atoms. The summed E-state index contributed by atoms with van der Waals surface area (Å²) in [5.74, 6) is 0.754. The molecular formula is C19H23N5O. The van der Waals surface area contributed by atoms with Crippen molar-refractivity contribution in [2.45, 2.75) is 25.4 Å². The van der Waals surface area contributed by atoms with Gasteiger partial charge in [-0.05, 0) is 18.4 Å². The SMILES string of the molecule is O=C(NC1CC1)c1cc(N2CCN(Cc3ccccc3)CC2)ncn1. The molecule has 1 saturated carbocycles. The highest BCUT2D eigenvalue weighted by Gasteiger charge is 2.25. The third-order valence-electron chi connectivity index (χ3n) is 4.74. The summed E-state index contributed by atoms with van der Waals surface area (Å²) in [5, 5.41) is 2.98. The molecule has 25 heavy (non-hydrogen) atoms. The molecule has 1 aliphatic heterocycles. The number of hydrogen-bond donors (Lipinski definition) is 1. The zero-order chi connectivity index (χ0) is 17.1. The minimum atomic E-state index is -0.0890. The molecule has 0 atom stereocenters. The molecule has 0 spiro atoms. The Morgan fingerprint density at radius 2 is 1.84 bits per heavy atom. The van der Waals surface area contributed by atoms with Gasteiger partial charge in [0.15, 0.2) is 0 Å². The molecule has 1 N–H and O–H groups in total. The summed E-state index contributed by atoms with van der Waals surface area (Å²) in [6.45, 7) is 4.78. The largest absolute Gasteiger partial charge is 0.354 e. The van der Waals surface area contributed by atoms with Crippen LogP contribution >= 0.6 is 0 Å². The molecule has 0 unspecified atom stereocenters. The monoisotopic (exact) mass is 337 g/mol. The highest BCUT2D eigenvalue weighted by molar-refractivity contribution is 5.93. The van der Waals surface area contributed by atoms with Crippen LogP contribution in [0.25, 0.3) is 0 Å². The number of piperazine rings is 1. The van der Waals surface area contributed by atoms with Crippen molar-refractivity contribution in [2.75, 3.05) is 31.1 Å². The van der Waals surface area contributed by atoms with Crippen molar-refractivity contribution in [3.05, 3.63) is 54.0 Å². The molecule has 2 aromatic rings. The first-order chi connectivity index (χ1) is 12.3. The third-order valence-corrected chi connectivity index (χ3v) is 4.74. The maximum absolute atomic E-state index is 12.2. The van der Waals surface area contributed by atoms with E-state index in [4.69, 9.17) is 0 Å². The van der Waals surface area contributed by atoms with Crippen molar-refractivity contribution < 1.29 is 4.79 Å². The maximum atomic E-state index is 12.2. The van der Waals surface area contributed by atoms with Gasteiger partial charge in [0.2, 0.25) is 0 Å². The number of rotatable bonds is 5. The Kier molecular flexibility index (Phi) is 4.61. The Balaban J connectivity index is 1.35. The summed E-state index contributed by atoms with van der Waals surface area (Å²) in [7, 11) is 0. The van der Waals surface area contributed by atoms with Crippen LogP contribution in [-0.4, -0.2) is 53.0 Å². The predicted octanol–water partition coefficient (Wildman–Crippen LogP) is 1.69. The maximum Gasteiger partial charge on any atom is 0.270 e. The molecule has 2 aliphatic rings. The number of anilines is 1. The molecule has 6 nitrogen and oxygen atoms in total. The van der Waals surface area contributed by atoms with Gasteiger partial charge in [0, 0.05) is 44.8 Å². The topological polar surface area (TPSA) is 61.4 Å². The second-order valence-corrected chi connectivity index (χ2v) is 6.76. The van der Waals surface area contributed by atoms with Gasteiger partial charge in [0.05, 0.1) is 0 Å². The van der Waals surface area contributed by atoms with Crippen LogP contribution in [0.2, 0.25) is 0 Å². The van der Waals surface area contributed by atoms with Crippen molar-refractivity contribution in [2.24, 2.45) is 0 Å². The van der Waals surface area contributed by atoms with Crippen LogP contribution in [0.3, 0.4) is 0 Å². The van der Waals surface area contributed by atoms with E-state index < -0.39 is 0 Å². The zero-order valence-electron chi connectivity index (χ0n) is 14.3. The van der Waals surface area contributed by atoms with E-state index in [1.807, 2.05) is 12.1 Å². The van der Waals surface area contributed by atoms with Crippen molar-refractivity contribution in [1.29, 1.82) is 0 Å². The van der Waals surface area contributed by atoms with Crippen LogP contribution in [0.4, 0.5) is 5.82 Å². The summed E-state index contributed by atoms with van der Waals surface area (Å²) in [5.41, 5.74) is 1.81. The van der Waals surface area contributed by atoms with Crippen LogP contribution in [-0.2, 0) is 6.54 Å². The molecule has 2 fully saturated rings. The summed E-state index contributed by atoms with van der Waals surface area (Å²) in [6.07, 6.45) is 3.65. The molecular weight excluding hydrogens is 314 g/mol. The van der Waals surface area contributed by atoms with E-state index in [2.05, 4.69) is 49.4 Å². The molecule has 6 heteroatoms. The van der Waals surface area contributed by atoms with E-state index in [1.54, 1.807) is 0 Å². The van der Waals surface area contributed by atoms with Gasteiger partial charge in [-0.1, -0.05) is 30.3 Å². The van der Waals surface area contributed by atoms with Crippen LogP contribution < -0.4 is 10.2 Å². The van der Waals surface area contributed by atoms with Gasteiger partial charge in [-0.25, -0.2) is 9.97 Å². The molecule has 4 rings (SSSR count). The number of carbonyl (C=O) groups excluding carboxylic acids is 1. The normalized spacial score (nSPS) is 18.2. The number of carbonyl (C=O) groups is 1. The van der Waals surface area contributed by atoms with Gasteiger partial charge >= 0.3 is 0 Å². The van der Waals surface area contributed by atoms with Gasteiger partial charge in [-0.15, -0.1) is 0 Å². The summed E-state index contributed by atoms with van der Waals surface area (Å²) in [6, 6.07) is 12.7. The smallest absolute Gasteiger partial charge is 0.270 e. The van der Waals surface area contributed by atoms with Crippen molar-refractivity contribution in [3.8, 4) is 0 Å². The van der Waals surface area contributed by atoms with Gasteiger partial charge < -0.3 is 10.2 Å². The Labute approximate surface area is 147 Å². The van der Waals surface area contributed by atoms with E-state index in [0.717, 1.165) is 51.4 Å². The van der Waals surface area contributed by atoms with Gasteiger partial charge in [0.25, 0.3) is 5.91 Å². The number of aromatic nitrogens is 2. The highest BCUT2D eigenvalue weighted by Crippen LogP contribution is 2.20. The molecule has 1 amide bonds. The number of nitrogens with zero attached hydrogens (tertiary/aromatic N) is 4. The molecule has 1 aromatic carbocycles. The lowest BCUT2D eigenvalue weighted by atomic mass is 10.2. The fraction of sp³-hybridized carbons (Fsp3) is 0.421. The zero-order valence-corrected chi connectivity index (χ0v) is 14.3. The van der Waals surface area contributed by atoms with Gasteiger partial charge in [-0.3, -0.25) is 9.69 Å². The minimum absolute atomic E-state index is 0.0890. The third kappa shape index (κ3) is 4.14.